The summed E-state index contributed by atoms with van der Waals surface area (Å²) in [5.74, 6) is 0.973. The number of ether oxygens (including phenoxy) is 1. The first-order valence-electron chi connectivity index (χ1n) is 6.04. The Morgan fingerprint density at radius 3 is 2.94 bits per heavy atom. The molecule has 1 atom stereocenters. The molecule has 3 rings (SSSR count). The number of nitrogens with two attached hydrogens (primary N) is 1. The van der Waals surface area contributed by atoms with Crippen LogP contribution in [0.5, 0.6) is 5.75 Å². The van der Waals surface area contributed by atoms with E-state index in [1.165, 1.54) is 5.56 Å². The Balaban J connectivity index is 1.92. The zero-order valence-corrected chi connectivity index (χ0v) is 10.3. The van der Waals surface area contributed by atoms with Crippen LogP contribution in [0.3, 0.4) is 0 Å². The monoisotopic (exact) mass is 241 g/mol. The van der Waals surface area contributed by atoms with Crippen molar-refractivity contribution < 1.29 is 4.74 Å². The number of rotatable bonds is 2. The average molecular weight is 241 g/mol. The van der Waals surface area contributed by atoms with Gasteiger partial charge in [0.15, 0.2) is 0 Å². The first-order chi connectivity index (χ1) is 8.74. The van der Waals surface area contributed by atoms with E-state index in [1.54, 1.807) is 12.4 Å². The fourth-order valence-electron chi connectivity index (χ4n) is 2.13. The van der Waals surface area contributed by atoms with Crippen LogP contribution < -0.4 is 10.5 Å². The molecule has 4 nitrogen and oxygen atoms in total. The van der Waals surface area contributed by atoms with Gasteiger partial charge in [0.2, 0.25) is 0 Å². The molecule has 92 valence electrons. The highest BCUT2D eigenvalue weighted by Gasteiger charge is 2.16. The lowest BCUT2D eigenvalue weighted by Crippen LogP contribution is -2.14. The molecule has 1 unspecified atom stereocenters. The van der Waals surface area contributed by atoms with Crippen LogP contribution in [0.4, 0.5) is 0 Å². The first kappa shape index (κ1) is 11.2. The van der Waals surface area contributed by atoms with Crippen molar-refractivity contribution in [3.8, 4) is 5.75 Å². The van der Waals surface area contributed by atoms with Gasteiger partial charge in [-0.2, -0.15) is 0 Å². The molecular weight excluding hydrogens is 226 g/mol. The average Bonchev–Trinajstić information content (AvgIpc) is 2.86. The minimum atomic E-state index is -0.232. The van der Waals surface area contributed by atoms with Crippen LogP contribution in [-0.4, -0.2) is 16.6 Å². The van der Waals surface area contributed by atoms with Crippen molar-refractivity contribution in [1.82, 2.24) is 9.97 Å². The van der Waals surface area contributed by atoms with E-state index >= 15 is 0 Å². The summed E-state index contributed by atoms with van der Waals surface area (Å²) in [5.41, 5.74) is 10.2. The van der Waals surface area contributed by atoms with Crippen molar-refractivity contribution in [3.63, 3.8) is 0 Å². The third-order valence-corrected chi connectivity index (χ3v) is 3.19. The normalized spacial score (nSPS) is 15.0. The van der Waals surface area contributed by atoms with Gasteiger partial charge in [-0.1, -0.05) is 12.1 Å². The van der Waals surface area contributed by atoms with Gasteiger partial charge in [0.05, 0.1) is 30.2 Å². The van der Waals surface area contributed by atoms with Gasteiger partial charge >= 0.3 is 0 Å². The van der Waals surface area contributed by atoms with Crippen LogP contribution in [0.1, 0.15) is 28.6 Å². The molecule has 0 amide bonds. The van der Waals surface area contributed by atoms with E-state index in [4.69, 9.17) is 10.5 Å². The van der Waals surface area contributed by atoms with Crippen molar-refractivity contribution in [2.45, 2.75) is 19.4 Å². The number of aromatic nitrogens is 2. The van der Waals surface area contributed by atoms with E-state index in [0.29, 0.717) is 0 Å². The summed E-state index contributed by atoms with van der Waals surface area (Å²) in [6.45, 7) is 2.67. The zero-order valence-electron chi connectivity index (χ0n) is 10.3. The number of hydrogen-bond donors (Lipinski definition) is 1. The van der Waals surface area contributed by atoms with Gasteiger partial charge < -0.3 is 10.5 Å². The van der Waals surface area contributed by atoms with Crippen molar-refractivity contribution in [2.24, 2.45) is 5.73 Å². The highest BCUT2D eigenvalue weighted by Crippen LogP contribution is 2.28. The summed E-state index contributed by atoms with van der Waals surface area (Å²) >= 11 is 0. The molecule has 0 fully saturated rings. The van der Waals surface area contributed by atoms with Gasteiger partial charge in [0, 0.05) is 12.6 Å². The standard InChI is InChI=1S/C14H15N3O/c1-9-7-17-12(8-16-9)14(15)11-2-3-13-10(6-11)4-5-18-13/h2-3,6-8,14H,4-5,15H2,1H3. The fourth-order valence-corrected chi connectivity index (χ4v) is 2.13. The maximum Gasteiger partial charge on any atom is 0.122 e. The molecule has 1 aliphatic rings. The van der Waals surface area contributed by atoms with E-state index < -0.39 is 0 Å². The van der Waals surface area contributed by atoms with E-state index in [-0.39, 0.29) is 6.04 Å². The van der Waals surface area contributed by atoms with Gasteiger partial charge in [-0.25, -0.2) is 0 Å². The maximum atomic E-state index is 6.22. The largest absolute Gasteiger partial charge is 0.493 e. The Bertz CT molecular complexity index is 566. The summed E-state index contributed by atoms with van der Waals surface area (Å²) in [6, 6.07) is 5.85. The molecule has 0 spiro atoms. The third-order valence-electron chi connectivity index (χ3n) is 3.19. The number of aryl methyl sites for hydroxylation is 1. The predicted octanol–water partition coefficient (Wildman–Crippen LogP) is 1.77. The highest BCUT2D eigenvalue weighted by molar-refractivity contribution is 5.42. The van der Waals surface area contributed by atoms with Crippen LogP contribution in [0.2, 0.25) is 0 Å². The topological polar surface area (TPSA) is 61.0 Å². The molecule has 0 bridgehead atoms. The van der Waals surface area contributed by atoms with E-state index in [2.05, 4.69) is 16.0 Å². The molecule has 0 saturated heterocycles. The Morgan fingerprint density at radius 1 is 1.28 bits per heavy atom. The van der Waals surface area contributed by atoms with Crippen molar-refractivity contribution >= 4 is 0 Å². The van der Waals surface area contributed by atoms with Gasteiger partial charge in [-0.3, -0.25) is 9.97 Å². The molecule has 4 heteroatoms. The minimum Gasteiger partial charge on any atom is -0.493 e. The Hall–Kier alpha value is -1.94. The summed E-state index contributed by atoms with van der Waals surface area (Å²) in [4.78, 5) is 8.56. The van der Waals surface area contributed by atoms with Crippen LogP contribution in [0.25, 0.3) is 0 Å². The summed E-state index contributed by atoms with van der Waals surface area (Å²) in [6.07, 6.45) is 4.44. The van der Waals surface area contributed by atoms with Crippen LogP contribution in [-0.2, 0) is 6.42 Å². The van der Waals surface area contributed by atoms with Gasteiger partial charge in [-0.05, 0) is 24.1 Å². The summed E-state index contributed by atoms with van der Waals surface area (Å²) < 4.78 is 5.49. The van der Waals surface area contributed by atoms with Crippen LogP contribution in [0, 0.1) is 6.92 Å². The summed E-state index contributed by atoms with van der Waals surface area (Å²) in [7, 11) is 0. The van der Waals surface area contributed by atoms with Gasteiger partial charge in [0.1, 0.15) is 5.75 Å². The zero-order chi connectivity index (χ0) is 12.5. The molecule has 2 N–H and O–H groups in total. The smallest absolute Gasteiger partial charge is 0.122 e. The van der Waals surface area contributed by atoms with E-state index in [0.717, 1.165) is 35.7 Å². The van der Waals surface area contributed by atoms with E-state index in [1.807, 2.05) is 19.1 Å². The lowest BCUT2D eigenvalue weighted by molar-refractivity contribution is 0.357. The van der Waals surface area contributed by atoms with Crippen LogP contribution >= 0.6 is 0 Å². The van der Waals surface area contributed by atoms with E-state index in [9.17, 15) is 0 Å². The summed E-state index contributed by atoms with van der Waals surface area (Å²) in [5, 5.41) is 0. The molecule has 0 saturated carbocycles. The Kier molecular flexibility index (Phi) is 2.72. The molecule has 2 heterocycles. The molecule has 18 heavy (non-hydrogen) atoms. The van der Waals surface area contributed by atoms with Crippen molar-refractivity contribution in [3.05, 3.63) is 53.1 Å². The SMILES string of the molecule is Cc1cnc(C(N)c2ccc3c(c2)CCO3)cn1. The second-order valence-corrected chi connectivity index (χ2v) is 4.53. The molecule has 2 aromatic rings. The van der Waals surface area contributed by atoms with Gasteiger partial charge in [-0.15, -0.1) is 0 Å². The second-order valence-electron chi connectivity index (χ2n) is 4.53. The van der Waals surface area contributed by atoms with Crippen molar-refractivity contribution in [1.29, 1.82) is 0 Å². The maximum absolute atomic E-state index is 6.22. The number of fused-ring (bicyclic) bond motifs is 1. The van der Waals surface area contributed by atoms with Crippen LogP contribution in [0.15, 0.2) is 30.6 Å². The third kappa shape index (κ3) is 1.95. The predicted molar refractivity (Wildman–Crippen MR) is 68.4 cm³/mol. The molecule has 1 aromatic heterocycles. The number of benzene rings is 1. The lowest BCUT2D eigenvalue weighted by Gasteiger charge is -2.12. The molecule has 1 aliphatic heterocycles. The Labute approximate surface area is 106 Å². The molecular formula is C14H15N3O. The molecule has 1 aromatic carbocycles. The first-order valence-corrected chi connectivity index (χ1v) is 6.04. The fraction of sp³-hybridized carbons (Fsp3) is 0.286. The highest BCUT2D eigenvalue weighted by atomic mass is 16.5. The quantitative estimate of drug-likeness (QED) is 0.870. The number of nitrogens with zero attached hydrogens (tertiary/aromatic N) is 2. The van der Waals surface area contributed by atoms with Crippen molar-refractivity contribution in [2.75, 3.05) is 6.61 Å². The number of hydrogen-bond acceptors (Lipinski definition) is 4. The van der Waals surface area contributed by atoms with Gasteiger partial charge in [0.25, 0.3) is 0 Å². The Morgan fingerprint density at radius 2 is 2.17 bits per heavy atom. The minimum absolute atomic E-state index is 0.232. The second kappa shape index (κ2) is 4.38. The lowest BCUT2D eigenvalue weighted by atomic mass is 10.0. The molecule has 0 radical (unpaired) electrons. The molecule has 0 aliphatic carbocycles.